The first kappa shape index (κ1) is 24.9. The lowest BCUT2D eigenvalue weighted by Gasteiger charge is -2.31. The average Bonchev–Trinajstić information content (AvgIpc) is 2.86. The van der Waals surface area contributed by atoms with E-state index in [0.29, 0.717) is 0 Å². The lowest BCUT2D eigenvalue weighted by atomic mass is 10.1. The predicted molar refractivity (Wildman–Crippen MR) is 128 cm³/mol. The smallest absolute Gasteiger partial charge is 0.264 e. The molecule has 0 spiro atoms. The number of nitrogens with one attached hydrogen (secondary N) is 1. The normalized spacial score (nSPS) is 12.0. The van der Waals surface area contributed by atoms with E-state index in [1.807, 2.05) is 6.07 Å². The van der Waals surface area contributed by atoms with Crippen molar-refractivity contribution in [2.24, 2.45) is 0 Å². The van der Waals surface area contributed by atoms with E-state index in [2.05, 4.69) is 5.32 Å². The first-order valence-electron chi connectivity index (χ1n) is 10.6. The third-order valence-electron chi connectivity index (χ3n) is 5.34. The molecule has 2 amide bonds. The fourth-order valence-corrected chi connectivity index (χ4v) is 4.90. The summed E-state index contributed by atoms with van der Waals surface area (Å²) in [5.41, 5.74) is 0.502. The van der Waals surface area contributed by atoms with E-state index < -0.39 is 40.2 Å². The molecule has 0 aliphatic heterocycles. The standard InChI is InChI=1S/C25H26FN3O4S/c1-19(25(31)27-2)28(17-20-11-5-3-6-12-20)24(30)18-29(23-16-10-9-15-22(23)26)34(32,33)21-13-7-4-8-14-21/h3-16,19H,17-18H2,1-2H3,(H,27,31). The summed E-state index contributed by atoms with van der Waals surface area (Å²) in [4.78, 5) is 27.1. The Morgan fingerprint density at radius 1 is 0.912 bits per heavy atom. The van der Waals surface area contributed by atoms with Crippen LogP contribution in [0.4, 0.5) is 10.1 Å². The van der Waals surface area contributed by atoms with Crippen LogP contribution in [0.15, 0.2) is 89.8 Å². The molecular formula is C25H26FN3O4S. The minimum atomic E-state index is -4.28. The highest BCUT2D eigenvalue weighted by atomic mass is 32.2. The Bertz CT molecular complexity index is 1240. The molecule has 178 valence electrons. The Hall–Kier alpha value is -3.72. The molecule has 9 heteroatoms. The molecule has 3 aromatic rings. The number of carbonyl (C=O) groups is 2. The second-order valence-electron chi connectivity index (χ2n) is 7.57. The van der Waals surface area contributed by atoms with Crippen molar-refractivity contribution in [1.82, 2.24) is 10.2 Å². The van der Waals surface area contributed by atoms with Crippen molar-refractivity contribution in [3.05, 3.63) is 96.3 Å². The minimum absolute atomic E-state index is 0.0742. The zero-order chi connectivity index (χ0) is 24.7. The van der Waals surface area contributed by atoms with Crippen LogP contribution in [0, 0.1) is 5.82 Å². The van der Waals surface area contributed by atoms with Gasteiger partial charge in [0.1, 0.15) is 18.4 Å². The average molecular weight is 484 g/mol. The lowest BCUT2D eigenvalue weighted by Crippen LogP contribution is -2.50. The van der Waals surface area contributed by atoms with E-state index in [1.165, 1.54) is 42.3 Å². The summed E-state index contributed by atoms with van der Waals surface area (Å²) < 4.78 is 42.4. The quantitative estimate of drug-likeness (QED) is 0.507. The van der Waals surface area contributed by atoms with Crippen molar-refractivity contribution in [2.75, 3.05) is 17.9 Å². The maximum Gasteiger partial charge on any atom is 0.264 e. The van der Waals surface area contributed by atoms with Crippen molar-refractivity contribution >= 4 is 27.5 Å². The Balaban J connectivity index is 2.03. The summed E-state index contributed by atoms with van der Waals surface area (Å²) in [5.74, 6) is -1.85. The second kappa shape index (κ2) is 10.9. The van der Waals surface area contributed by atoms with Crippen LogP contribution in [-0.2, 0) is 26.2 Å². The van der Waals surface area contributed by atoms with Crippen molar-refractivity contribution in [1.29, 1.82) is 0 Å². The van der Waals surface area contributed by atoms with Crippen molar-refractivity contribution in [2.45, 2.75) is 24.4 Å². The Morgan fingerprint density at radius 3 is 2.06 bits per heavy atom. The monoisotopic (exact) mass is 483 g/mol. The van der Waals surface area contributed by atoms with Crippen LogP contribution < -0.4 is 9.62 Å². The molecule has 0 heterocycles. The molecule has 0 saturated heterocycles. The Labute approximate surface area is 198 Å². The first-order chi connectivity index (χ1) is 16.3. The minimum Gasteiger partial charge on any atom is -0.357 e. The topological polar surface area (TPSA) is 86.8 Å². The van der Waals surface area contributed by atoms with E-state index in [-0.39, 0.29) is 17.1 Å². The van der Waals surface area contributed by atoms with Gasteiger partial charge in [-0.05, 0) is 36.8 Å². The molecule has 0 saturated carbocycles. The third-order valence-corrected chi connectivity index (χ3v) is 7.11. The number of rotatable bonds is 9. The van der Waals surface area contributed by atoms with Gasteiger partial charge in [0.05, 0.1) is 10.6 Å². The van der Waals surface area contributed by atoms with E-state index >= 15 is 0 Å². The Morgan fingerprint density at radius 2 is 1.47 bits per heavy atom. The number of carbonyl (C=O) groups excluding carboxylic acids is 2. The molecule has 1 atom stereocenters. The number of nitrogens with zero attached hydrogens (tertiary/aromatic N) is 2. The number of para-hydroxylation sites is 1. The van der Waals surface area contributed by atoms with Crippen LogP contribution in [0.1, 0.15) is 12.5 Å². The molecule has 0 radical (unpaired) electrons. The molecule has 0 bridgehead atoms. The fourth-order valence-electron chi connectivity index (χ4n) is 3.46. The number of anilines is 1. The molecule has 0 aromatic heterocycles. The number of hydrogen-bond acceptors (Lipinski definition) is 4. The Kier molecular flexibility index (Phi) is 8.01. The van der Waals surface area contributed by atoms with Gasteiger partial charge in [-0.25, -0.2) is 12.8 Å². The molecule has 3 aromatic carbocycles. The largest absolute Gasteiger partial charge is 0.357 e. The van der Waals surface area contributed by atoms with Gasteiger partial charge in [-0.2, -0.15) is 0 Å². The molecule has 34 heavy (non-hydrogen) atoms. The van der Waals surface area contributed by atoms with Crippen molar-refractivity contribution in [3.8, 4) is 0 Å². The summed E-state index contributed by atoms with van der Waals surface area (Å²) in [6, 6.07) is 21.0. The molecular weight excluding hydrogens is 457 g/mol. The number of benzene rings is 3. The van der Waals surface area contributed by atoms with Crippen LogP contribution in [0.2, 0.25) is 0 Å². The van der Waals surface area contributed by atoms with Gasteiger partial charge in [-0.15, -0.1) is 0 Å². The molecule has 0 fully saturated rings. The molecule has 1 N–H and O–H groups in total. The highest BCUT2D eigenvalue weighted by Gasteiger charge is 2.33. The van der Waals surface area contributed by atoms with Crippen molar-refractivity contribution in [3.63, 3.8) is 0 Å². The summed E-state index contributed by atoms with van der Waals surface area (Å²) in [6.07, 6.45) is 0. The van der Waals surface area contributed by atoms with E-state index in [4.69, 9.17) is 0 Å². The van der Waals surface area contributed by atoms with E-state index in [1.54, 1.807) is 49.4 Å². The number of halogens is 1. The maximum atomic E-state index is 14.7. The van der Waals surface area contributed by atoms with Crippen LogP contribution in [0.3, 0.4) is 0 Å². The summed E-state index contributed by atoms with van der Waals surface area (Å²) in [7, 11) is -2.83. The summed E-state index contributed by atoms with van der Waals surface area (Å²) in [5, 5.41) is 2.51. The van der Waals surface area contributed by atoms with Gasteiger partial charge in [0.25, 0.3) is 10.0 Å². The van der Waals surface area contributed by atoms with Gasteiger partial charge in [-0.3, -0.25) is 13.9 Å². The number of sulfonamides is 1. The zero-order valence-corrected chi connectivity index (χ0v) is 19.7. The third kappa shape index (κ3) is 5.60. The van der Waals surface area contributed by atoms with Gasteiger partial charge < -0.3 is 10.2 Å². The van der Waals surface area contributed by atoms with Crippen LogP contribution >= 0.6 is 0 Å². The number of amides is 2. The molecule has 3 rings (SSSR count). The maximum absolute atomic E-state index is 14.7. The van der Waals surface area contributed by atoms with Gasteiger partial charge >= 0.3 is 0 Å². The highest BCUT2D eigenvalue weighted by Crippen LogP contribution is 2.26. The summed E-state index contributed by atoms with van der Waals surface area (Å²) in [6.45, 7) is 0.940. The second-order valence-corrected chi connectivity index (χ2v) is 9.44. The van der Waals surface area contributed by atoms with E-state index in [0.717, 1.165) is 15.9 Å². The van der Waals surface area contributed by atoms with E-state index in [9.17, 15) is 22.4 Å². The molecule has 0 aliphatic rings. The number of likely N-dealkylation sites (N-methyl/N-ethyl adjacent to an activating group) is 1. The van der Waals surface area contributed by atoms with Crippen LogP contribution in [0.5, 0.6) is 0 Å². The molecule has 7 nitrogen and oxygen atoms in total. The zero-order valence-electron chi connectivity index (χ0n) is 18.9. The summed E-state index contributed by atoms with van der Waals surface area (Å²) >= 11 is 0. The van der Waals surface area contributed by atoms with Gasteiger partial charge in [-0.1, -0.05) is 60.7 Å². The fraction of sp³-hybridized carbons (Fsp3) is 0.200. The van der Waals surface area contributed by atoms with Gasteiger partial charge in [0.15, 0.2) is 0 Å². The predicted octanol–water partition coefficient (Wildman–Crippen LogP) is 3.18. The number of hydrogen-bond donors (Lipinski definition) is 1. The van der Waals surface area contributed by atoms with Crippen LogP contribution in [0.25, 0.3) is 0 Å². The highest BCUT2D eigenvalue weighted by molar-refractivity contribution is 7.92. The van der Waals surface area contributed by atoms with Crippen LogP contribution in [-0.4, -0.2) is 44.8 Å². The molecule has 1 unspecified atom stereocenters. The molecule has 0 aliphatic carbocycles. The van der Waals surface area contributed by atoms with Gasteiger partial charge in [0.2, 0.25) is 11.8 Å². The lowest BCUT2D eigenvalue weighted by molar-refractivity contribution is -0.139. The SMILES string of the molecule is CNC(=O)C(C)N(Cc1ccccc1)C(=O)CN(c1ccccc1F)S(=O)(=O)c1ccccc1. The van der Waals surface area contributed by atoms with Gasteiger partial charge in [0, 0.05) is 13.6 Å². The first-order valence-corrected chi connectivity index (χ1v) is 12.1. The van der Waals surface area contributed by atoms with Crippen molar-refractivity contribution < 1.29 is 22.4 Å².